The first-order valence-electron chi connectivity index (χ1n) is 7.85. The third-order valence-corrected chi connectivity index (χ3v) is 4.16. The summed E-state index contributed by atoms with van der Waals surface area (Å²) >= 11 is 0. The van der Waals surface area contributed by atoms with Crippen LogP contribution in [0.5, 0.6) is 0 Å². The molecule has 3 nitrogen and oxygen atoms in total. The van der Waals surface area contributed by atoms with Crippen molar-refractivity contribution >= 4 is 11.6 Å². The fraction of sp³-hybridized carbons (Fsp3) is 0.588. The van der Waals surface area contributed by atoms with E-state index in [-0.39, 0.29) is 5.91 Å². The van der Waals surface area contributed by atoms with E-state index in [0.29, 0.717) is 12.3 Å². The van der Waals surface area contributed by atoms with E-state index in [4.69, 9.17) is 5.73 Å². The van der Waals surface area contributed by atoms with E-state index in [9.17, 15) is 4.79 Å². The van der Waals surface area contributed by atoms with Gasteiger partial charge in [0.05, 0.1) is 6.42 Å². The van der Waals surface area contributed by atoms with E-state index >= 15 is 0 Å². The highest BCUT2D eigenvalue weighted by Gasteiger charge is 2.12. The van der Waals surface area contributed by atoms with Gasteiger partial charge in [-0.25, -0.2) is 0 Å². The summed E-state index contributed by atoms with van der Waals surface area (Å²) in [5.41, 5.74) is 7.40. The van der Waals surface area contributed by atoms with Crippen LogP contribution in [0.4, 0.5) is 5.69 Å². The number of hydrogen-bond acceptors (Lipinski definition) is 2. The number of nitrogens with two attached hydrogens (primary N) is 1. The summed E-state index contributed by atoms with van der Waals surface area (Å²) in [6.45, 7) is 0.841. The third kappa shape index (κ3) is 5.24. The van der Waals surface area contributed by atoms with E-state index in [2.05, 4.69) is 5.32 Å². The number of anilines is 1. The van der Waals surface area contributed by atoms with Gasteiger partial charge in [-0.1, -0.05) is 44.2 Å². The zero-order chi connectivity index (χ0) is 14.2. The van der Waals surface area contributed by atoms with Gasteiger partial charge in [-0.15, -0.1) is 0 Å². The predicted molar refractivity (Wildman–Crippen MR) is 83.4 cm³/mol. The molecule has 0 bridgehead atoms. The molecule has 1 fully saturated rings. The van der Waals surface area contributed by atoms with Crippen LogP contribution >= 0.6 is 0 Å². The molecular formula is C17H26N2O. The Morgan fingerprint density at radius 2 is 1.65 bits per heavy atom. The lowest BCUT2D eigenvalue weighted by atomic mass is 9.91. The van der Waals surface area contributed by atoms with Gasteiger partial charge in [0.15, 0.2) is 0 Å². The molecule has 0 heterocycles. The Morgan fingerprint density at radius 1 is 1.05 bits per heavy atom. The summed E-state index contributed by atoms with van der Waals surface area (Å²) in [5, 5.41) is 3.09. The molecule has 1 saturated carbocycles. The van der Waals surface area contributed by atoms with E-state index in [0.717, 1.165) is 17.8 Å². The summed E-state index contributed by atoms with van der Waals surface area (Å²) in [4.78, 5) is 12.0. The molecule has 20 heavy (non-hydrogen) atoms. The Labute approximate surface area is 121 Å². The summed E-state index contributed by atoms with van der Waals surface area (Å²) in [5.74, 6) is 0.794. The molecule has 0 atom stereocenters. The second-order valence-electron chi connectivity index (χ2n) is 5.93. The van der Waals surface area contributed by atoms with Gasteiger partial charge in [-0.3, -0.25) is 4.79 Å². The van der Waals surface area contributed by atoms with Crippen molar-refractivity contribution in [1.29, 1.82) is 0 Å². The van der Waals surface area contributed by atoms with Crippen LogP contribution in [0.1, 0.15) is 50.5 Å². The zero-order valence-electron chi connectivity index (χ0n) is 12.2. The SMILES string of the molecule is Nc1ccc(CC(=O)NCC2CCCCCCC2)cc1. The van der Waals surface area contributed by atoms with Crippen LogP contribution < -0.4 is 11.1 Å². The maximum Gasteiger partial charge on any atom is 0.224 e. The minimum absolute atomic E-state index is 0.122. The van der Waals surface area contributed by atoms with Crippen molar-refractivity contribution in [3.63, 3.8) is 0 Å². The Balaban J connectivity index is 1.72. The molecule has 1 aromatic carbocycles. The van der Waals surface area contributed by atoms with Gasteiger partial charge >= 0.3 is 0 Å². The molecular weight excluding hydrogens is 248 g/mol. The highest BCUT2D eigenvalue weighted by Crippen LogP contribution is 2.21. The van der Waals surface area contributed by atoms with E-state index in [1.807, 2.05) is 24.3 Å². The Hall–Kier alpha value is -1.51. The first-order chi connectivity index (χ1) is 9.74. The second kappa shape index (κ2) is 7.93. The lowest BCUT2D eigenvalue weighted by Crippen LogP contribution is -2.30. The molecule has 0 saturated heterocycles. The van der Waals surface area contributed by atoms with Crippen LogP contribution in [0.3, 0.4) is 0 Å². The van der Waals surface area contributed by atoms with Crippen molar-refractivity contribution in [3.8, 4) is 0 Å². The molecule has 2 rings (SSSR count). The quantitative estimate of drug-likeness (QED) is 0.828. The molecule has 1 aliphatic rings. The third-order valence-electron chi connectivity index (χ3n) is 4.16. The van der Waals surface area contributed by atoms with Gasteiger partial charge < -0.3 is 11.1 Å². The number of hydrogen-bond donors (Lipinski definition) is 2. The first kappa shape index (κ1) is 14.9. The normalized spacial score (nSPS) is 17.2. The molecule has 110 valence electrons. The van der Waals surface area contributed by atoms with Gasteiger partial charge in [-0.2, -0.15) is 0 Å². The Bertz CT molecular complexity index is 406. The molecule has 1 aromatic rings. The largest absolute Gasteiger partial charge is 0.399 e. The average molecular weight is 274 g/mol. The molecule has 0 radical (unpaired) electrons. The summed E-state index contributed by atoms with van der Waals surface area (Å²) in [6.07, 6.45) is 9.72. The molecule has 3 heteroatoms. The number of carbonyl (C=O) groups excluding carboxylic acids is 1. The topological polar surface area (TPSA) is 55.1 Å². The van der Waals surface area contributed by atoms with E-state index in [1.165, 1.54) is 44.9 Å². The maximum absolute atomic E-state index is 12.0. The number of amides is 1. The first-order valence-corrected chi connectivity index (χ1v) is 7.85. The maximum atomic E-state index is 12.0. The average Bonchev–Trinajstić information content (AvgIpc) is 2.40. The molecule has 0 spiro atoms. The fourth-order valence-electron chi connectivity index (χ4n) is 2.89. The van der Waals surface area contributed by atoms with E-state index in [1.54, 1.807) is 0 Å². The molecule has 0 unspecified atom stereocenters. The number of benzene rings is 1. The molecule has 3 N–H and O–H groups in total. The monoisotopic (exact) mass is 274 g/mol. The summed E-state index contributed by atoms with van der Waals surface area (Å²) in [6, 6.07) is 7.53. The van der Waals surface area contributed by atoms with Crippen LogP contribution in [0.2, 0.25) is 0 Å². The van der Waals surface area contributed by atoms with Gasteiger partial charge in [-0.05, 0) is 36.5 Å². The second-order valence-corrected chi connectivity index (χ2v) is 5.93. The number of nitrogen functional groups attached to an aromatic ring is 1. The van der Waals surface area contributed by atoms with Gasteiger partial charge in [0.2, 0.25) is 5.91 Å². The van der Waals surface area contributed by atoms with Crippen molar-refractivity contribution in [2.24, 2.45) is 5.92 Å². The van der Waals surface area contributed by atoms with Gasteiger partial charge in [0.25, 0.3) is 0 Å². The lowest BCUT2D eigenvalue weighted by molar-refractivity contribution is -0.120. The number of rotatable bonds is 4. The van der Waals surface area contributed by atoms with Crippen LogP contribution in [-0.4, -0.2) is 12.5 Å². The van der Waals surface area contributed by atoms with Crippen molar-refractivity contribution in [2.75, 3.05) is 12.3 Å². The van der Waals surface area contributed by atoms with Gasteiger partial charge in [0.1, 0.15) is 0 Å². The molecule has 1 amide bonds. The lowest BCUT2D eigenvalue weighted by Gasteiger charge is -2.20. The summed E-state index contributed by atoms with van der Waals surface area (Å²) < 4.78 is 0. The van der Waals surface area contributed by atoms with Crippen LogP contribution in [-0.2, 0) is 11.2 Å². The summed E-state index contributed by atoms with van der Waals surface area (Å²) in [7, 11) is 0. The molecule has 0 aromatic heterocycles. The predicted octanol–water partition coefficient (Wildman–Crippen LogP) is 3.29. The highest BCUT2D eigenvalue weighted by molar-refractivity contribution is 5.78. The Kier molecular flexibility index (Phi) is 5.90. The smallest absolute Gasteiger partial charge is 0.224 e. The highest BCUT2D eigenvalue weighted by atomic mass is 16.1. The van der Waals surface area contributed by atoms with E-state index < -0.39 is 0 Å². The fourth-order valence-corrected chi connectivity index (χ4v) is 2.89. The molecule has 1 aliphatic carbocycles. The van der Waals surface area contributed by atoms with Gasteiger partial charge in [0, 0.05) is 12.2 Å². The van der Waals surface area contributed by atoms with Crippen molar-refractivity contribution in [1.82, 2.24) is 5.32 Å². The standard InChI is InChI=1S/C17H26N2O/c18-16-10-8-14(9-11-16)12-17(20)19-13-15-6-4-2-1-3-5-7-15/h8-11,15H,1-7,12-13,18H2,(H,19,20). The minimum atomic E-state index is 0.122. The van der Waals surface area contributed by atoms with Crippen molar-refractivity contribution in [3.05, 3.63) is 29.8 Å². The van der Waals surface area contributed by atoms with Crippen LogP contribution in [0, 0.1) is 5.92 Å². The van der Waals surface area contributed by atoms with Crippen LogP contribution in [0.15, 0.2) is 24.3 Å². The zero-order valence-corrected chi connectivity index (χ0v) is 12.2. The Morgan fingerprint density at radius 3 is 2.30 bits per heavy atom. The number of carbonyl (C=O) groups is 1. The minimum Gasteiger partial charge on any atom is -0.399 e. The number of nitrogens with one attached hydrogen (secondary N) is 1. The van der Waals surface area contributed by atoms with Crippen LogP contribution in [0.25, 0.3) is 0 Å². The molecule has 0 aliphatic heterocycles. The van der Waals surface area contributed by atoms with Crippen molar-refractivity contribution in [2.45, 2.75) is 51.4 Å². The van der Waals surface area contributed by atoms with Crippen molar-refractivity contribution < 1.29 is 4.79 Å².